The summed E-state index contributed by atoms with van der Waals surface area (Å²) in [6.45, 7) is 3.36. The van der Waals surface area contributed by atoms with E-state index >= 15 is 0 Å². The van der Waals surface area contributed by atoms with E-state index in [1.54, 1.807) is 0 Å². The average Bonchev–Trinajstić information content (AvgIpc) is 2.66. The number of likely N-dealkylation sites (N-methyl/N-ethyl adjacent to an activating group) is 1. The van der Waals surface area contributed by atoms with Crippen LogP contribution in [0, 0.1) is 0 Å². The summed E-state index contributed by atoms with van der Waals surface area (Å²) in [4.78, 5) is 2.23. The molecule has 1 aromatic carbocycles. The number of fused-ring (bicyclic) bond motifs is 1. The number of aliphatic hydroxyl groups is 1. The predicted molar refractivity (Wildman–Crippen MR) is 66.9 cm³/mol. The van der Waals surface area contributed by atoms with Gasteiger partial charge < -0.3 is 15.7 Å². The fraction of sp³-hybridized carbons (Fsp3) is 0.538. The first kappa shape index (κ1) is 11.4. The molecule has 0 fully saturated rings. The Morgan fingerprint density at radius 3 is 2.94 bits per heavy atom. The monoisotopic (exact) mass is 220 g/mol. The largest absolute Gasteiger partial charge is 0.391 e. The van der Waals surface area contributed by atoms with Crippen LogP contribution in [0.15, 0.2) is 18.2 Å². The van der Waals surface area contributed by atoms with Crippen LogP contribution in [-0.2, 0) is 6.42 Å². The Morgan fingerprint density at radius 1 is 1.56 bits per heavy atom. The van der Waals surface area contributed by atoms with E-state index in [0.717, 1.165) is 13.0 Å². The summed E-state index contributed by atoms with van der Waals surface area (Å²) in [5.41, 5.74) is 9.45. The molecule has 1 aliphatic heterocycles. The lowest BCUT2D eigenvalue weighted by atomic mass is 9.93. The van der Waals surface area contributed by atoms with Gasteiger partial charge in [-0.3, -0.25) is 0 Å². The summed E-state index contributed by atoms with van der Waals surface area (Å²) in [6.07, 6.45) is 0.592. The topological polar surface area (TPSA) is 49.5 Å². The van der Waals surface area contributed by atoms with E-state index in [-0.39, 0.29) is 5.92 Å². The highest BCUT2D eigenvalue weighted by atomic mass is 16.3. The lowest BCUT2D eigenvalue weighted by molar-refractivity contribution is 0.156. The van der Waals surface area contributed by atoms with Crippen molar-refractivity contribution in [3.05, 3.63) is 29.3 Å². The molecular formula is C13H20N2O. The van der Waals surface area contributed by atoms with Crippen LogP contribution in [-0.4, -0.2) is 31.3 Å². The van der Waals surface area contributed by atoms with Gasteiger partial charge in [0.25, 0.3) is 0 Å². The zero-order valence-corrected chi connectivity index (χ0v) is 9.98. The number of hydrogen-bond donors (Lipinski definition) is 2. The Kier molecular flexibility index (Phi) is 3.17. The van der Waals surface area contributed by atoms with Crippen molar-refractivity contribution >= 4 is 5.69 Å². The molecule has 16 heavy (non-hydrogen) atoms. The fourth-order valence-corrected chi connectivity index (χ4v) is 2.64. The molecule has 0 amide bonds. The Bertz CT molecular complexity index is 378. The molecule has 1 aromatic rings. The summed E-state index contributed by atoms with van der Waals surface area (Å²) in [7, 11) is 2.08. The van der Waals surface area contributed by atoms with Crippen molar-refractivity contribution in [1.29, 1.82) is 0 Å². The predicted octanol–water partition coefficient (Wildman–Crippen LogP) is 1.10. The van der Waals surface area contributed by atoms with Gasteiger partial charge in [0.15, 0.2) is 0 Å². The molecule has 0 bridgehead atoms. The number of rotatable bonds is 3. The van der Waals surface area contributed by atoms with Gasteiger partial charge >= 0.3 is 0 Å². The van der Waals surface area contributed by atoms with Gasteiger partial charge in [0, 0.05) is 31.7 Å². The fourth-order valence-electron chi connectivity index (χ4n) is 2.64. The minimum absolute atomic E-state index is 0.163. The number of nitrogens with zero attached hydrogens (tertiary/aromatic N) is 1. The van der Waals surface area contributed by atoms with Crippen LogP contribution in [0.25, 0.3) is 0 Å². The Labute approximate surface area is 96.9 Å². The first-order valence-electron chi connectivity index (χ1n) is 5.90. The van der Waals surface area contributed by atoms with Crippen molar-refractivity contribution in [2.45, 2.75) is 25.4 Å². The third kappa shape index (κ3) is 1.70. The molecule has 1 aliphatic rings. The van der Waals surface area contributed by atoms with Gasteiger partial charge in [-0.15, -0.1) is 0 Å². The number of aryl methyl sites for hydroxylation is 1. The van der Waals surface area contributed by atoms with Crippen LogP contribution in [0.2, 0.25) is 0 Å². The Morgan fingerprint density at radius 2 is 2.31 bits per heavy atom. The van der Waals surface area contributed by atoms with Gasteiger partial charge in [0.2, 0.25) is 0 Å². The Hall–Kier alpha value is -1.06. The number of anilines is 1. The van der Waals surface area contributed by atoms with Crippen LogP contribution in [0.3, 0.4) is 0 Å². The van der Waals surface area contributed by atoms with E-state index < -0.39 is 6.10 Å². The molecular weight excluding hydrogens is 200 g/mol. The maximum absolute atomic E-state index is 9.93. The lowest BCUT2D eigenvalue weighted by Gasteiger charge is -2.17. The molecule has 0 radical (unpaired) electrons. The minimum Gasteiger partial charge on any atom is -0.391 e. The highest BCUT2D eigenvalue weighted by molar-refractivity contribution is 5.65. The number of hydrogen-bond acceptors (Lipinski definition) is 3. The zero-order chi connectivity index (χ0) is 11.7. The van der Waals surface area contributed by atoms with Crippen LogP contribution < -0.4 is 10.6 Å². The van der Waals surface area contributed by atoms with E-state index in [0.29, 0.717) is 6.54 Å². The molecule has 0 saturated carbocycles. The van der Waals surface area contributed by atoms with Gasteiger partial charge in [0.1, 0.15) is 0 Å². The molecule has 0 spiro atoms. The summed E-state index contributed by atoms with van der Waals surface area (Å²) in [5.74, 6) is 0.163. The summed E-state index contributed by atoms with van der Waals surface area (Å²) >= 11 is 0. The van der Waals surface area contributed by atoms with Crippen molar-refractivity contribution in [2.75, 3.05) is 25.0 Å². The van der Waals surface area contributed by atoms with Crippen molar-refractivity contribution in [2.24, 2.45) is 5.73 Å². The van der Waals surface area contributed by atoms with E-state index in [1.807, 2.05) is 0 Å². The van der Waals surface area contributed by atoms with Crippen molar-refractivity contribution in [3.8, 4) is 0 Å². The van der Waals surface area contributed by atoms with Gasteiger partial charge in [-0.2, -0.15) is 0 Å². The molecule has 1 heterocycles. The van der Waals surface area contributed by atoms with Crippen LogP contribution in [0.1, 0.15) is 24.0 Å². The minimum atomic E-state index is -0.434. The van der Waals surface area contributed by atoms with Crippen molar-refractivity contribution < 1.29 is 5.11 Å². The summed E-state index contributed by atoms with van der Waals surface area (Å²) in [6, 6.07) is 6.35. The summed E-state index contributed by atoms with van der Waals surface area (Å²) < 4.78 is 0. The number of aliphatic hydroxyl groups excluding tert-OH is 1. The third-order valence-corrected chi connectivity index (χ3v) is 3.49. The zero-order valence-electron chi connectivity index (χ0n) is 9.98. The first-order valence-corrected chi connectivity index (χ1v) is 5.90. The average molecular weight is 220 g/mol. The molecule has 0 aromatic heterocycles. The second kappa shape index (κ2) is 4.44. The van der Waals surface area contributed by atoms with Crippen LogP contribution >= 0.6 is 0 Å². The molecule has 0 saturated heterocycles. The van der Waals surface area contributed by atoms with Gasteiger partial charge in [0.05, 0.1) is 6.10 Å². The maximum Gasteiger partial charge on any atom is 0.0748 e. The quantitative estimate of drug-likeness (QED) is 0.802. The number of nitrogens with two attached hydrogens (primary N) is 1. The molecule has 2 unspecified atom stereocenters. The molecule has 3 N–H and O–H groups in total. The highest BCUT2D eigenvalue weighted by Crippen LogP contribution is 2.39. The summed E-state index contributed by atoms with van der Waals surface area (Å²) in [5, 5.41) is 9.93. The SMILES string of the molecule is CCc1cccc2c1N(C)CC2C(O)CN. The molecule has 2 rings (SSSR count). The molecule has 0 aliphatic carbocycles. The van der Waals surface area contributed by atoms with Crippen LogP contribution in [0.5, 0.6) is 0 Å². The third-order valence-electron chi connectivity index (χ3n) is 3.49. The Balaban J connectivity index is 2.43. The van der Waals surface area contributed by atoms with Gasteiger partial charge in [-0.05, 0) is 17.5 Å². The number of para-hydroxylation sites is 1. The number of benzene rings is 1. The van der Waals surface area contributed by atoms with Crippen molar-refractivity contribution in [1.82, 2.24) is 0 Å². The van der Waals surface area contributed by atoms with Crippen molar-refractivity contribution in [3.63, 3.8) is 0 Å². The second-order valence-electron chi connectivity index (χ2n) is 4.50. The second-order valence-corrected chi connectivity index (χ2v) is 4.50. The van der Waals surface area contributed by atoms with E-state index in [4.69, 9.17) is 5.73 Å². The van der Waals surface area contributed by atoms with E-state index in [1.165, 1.54) is 16.8 Å². The van der Waals surface area contributed by atoms with Gasteiger partial charge in [-0.1, -0.05) is 25.1 Å². The first-order chi connectivity index (χ1) is 7.69. The maximum atomic E-state index is 9.93. The molecule has 3 nitrogen and oxygen atoms in total. The van der Waals surface area contributed by atoms with E-state index in [9.17, 15) is 5.11 Å². The normalized spacial score (nSPS) is 21.0. The van der Waals surface area contributed by atoms with Gasteiger partial charge in [-0.25, -0.2) is 0 Å². The smallest absolute Gasteiger partial charge is 0.0748 e. The standard InChI is InChI=1S/C13H20N2O/c1-3-9-5-4-6-10-11(12(16)7-14)8-15(2)13(9)10/h4-6,11-12,16H,3,7-8,14H2,1-2H3. The van der Waals surface area contributed by atoms with Crippen LogP contribution in [0.4, 0.5) is 5.69 Å². The molecule has 2 atom stereocenters. The highest BCUT2D eigenvalue weighted by Gasteiger charge is 2.32. The molecule has 3 heteroatoms. The lowest BCUT2D eigenvalue weighted by Crippen LogP contribution is -2.30. The molecule has 88 valence electrons. The van der Waals surface area contributed by atoms with E-state index in [2.05, 4.69) is 37.1 Å².